The molecule has 0 radical (unpaired) electrons. The number of allylic oxidation sites excluding steroid dienone is 2. The maximum absolute atomic E-state index is 14.3. The first-order valence-corrected chi connectivity index (χ1v) is 9.84. The van der Waals surface area contributed by atoms with Crippen LogP contribution in [-0.2, 0) is 5.41 Å². The molecule has 27 heavy (non-hydrogen) atoms. The van der Waals surface area contributed by atoms with Crippen molar-refractivity contribution >= 4 is 0 Å². The highest BCUT2D eigenvalue weighted by Gasteiger charge is 2.36. The van der Waals surface area contributed by atoms with Crippen LogP contribution in [0.25, 0.3) is 0 Å². The monoisotopic (exact) mass is 356 g/mol. The molecule has 0 nitrogen and oxygen atoms in total. The van der Waals surface area contributed by atoms with Crippen molar-refractivity contribution in [3.05, 3.63) is 119 Å². The molecule has 0 saturated carbocycles. The van der Waals surface area contributed by atoms with Crippen LogP contribution >= 0.6 is 0 Å². The van der Waals surface area contributed by atoms with Gasteiger partial charge in [0.15, 0.2) is 0 Å². The minimum absolute atomic E-state index is 0.123. The molecule has 0 unspecified atom stereocenters. The van der Waals surface area contributed by atoms with E-state index in [0.717, 1.165) is 31.3 Å². The molecule has 0 spiro atoms. The summed E-state index contributed by atoms with van der Waals surface area (Å²) in [5.74, 6) is 0.123. The summed E-state index contributed by atoms with van der Waals surface area (Å²) in [6.07, 6.45) is 4.14. The molecule has 0 fully saturated rings. The lowest BCUT2D eigenvalue weighted by atomic mass is 9.66. The Morgan fingerprint density at radius 1 is 0.630 bits per heavy atom. The third kappa shape index (κ3) is 3.47. The second-order valence-corrected chi connectivity index (χ2v) is 7.37. The van der Waals surface area contributed by atoms with Gasteiger partial charge in [-0.15, -0.1) is 0 Å². The van der Waals surface area contributed by atoms with Gasteiger partial charge in [-0.05, 0) is 54.4 Å². The molecular formula is C26H25F. The number of halogens is 1. The lowest BCUT2D eigenvalue weighted by molar-refractivity contribution is 0.542. The van der Waals surface area contributed by atoms with Crippen molar-refractivity contribution in [2.45, 2.75) is 37.5 Å². The highest BCUT2D eigenvalue weighted by atomic mass is 19.1. The predicted molar refractivity (Wildman–Crippen MR) is 110 cm³/mol. The van der Waals surface area contributed by atoms with E-state index in [-0.39, 0.29) is 11.2 Å². The summed E-state index contributed by atoms with van der Waals surface area (Å²) < 4.78 is 14.3. The fourth-order valence-corrected chi connectivity index (χ4v) is 4.47. The highest BCUT2D eigenvalue weighted by molar-refractivity contribution is 5.50. The summed E-state index contributed by atoms with van der Waals surface area (Å²) in [6, 6.07) is 32.0. The molecule has 4 rings (SSSR count). The first-order chi connectivity index (χ1) is 13.3. The van der Waals surface area contributed by atoms with E-state index in [1.54, 1.807) is 0 Å². The van der Waals surface area contributed by atoms with E-state index in [1.165, 1.54) is 16.7 Å². The Morgan fingerprint density at radius 3 is 1.44 bits per heavy atom. The summed E-state index contributed by atoms with van der Waals surface area (Å²) >= 11 is 0. The fraction of sp³-hybridized carbons (Fsp3) is 0.231. The van der Waals surface area contributed by atoms with E-state index in [4.69, 9.17) is 0 Å². The molecule has 0 amide bonds. The summed E-state index contributed by atoms with van der Waals surface area (Å²) in [5.41, 5.74) is 4.53. The Kier molecular flexibility index (Phi) is 5.20. The van der Waals surface area contributed by atoms with E-state index in [2.05, 4.69) is 91.0 Å². The number of benzene rings is 3. The van der Waals surface area contributed by atoms with Gasteiger partial charge in [-0.1, -0.05) is 91.0 Å². The molecule has 0 saturated heterocycles. The SMILES string of the molecule is FC1=C(CCC(c2ccccc2)(c2ccccc2)c2ccccc2)CCC1. The predicted octanol–water partition coefficient (Wildman–Crippen LogP) is 7.21. The average Bonchev–Trinajstić information content (AvgIpc) is 3.16. The van der Waals surface area contributed by atoms with Crippen molar-refractivity contribution < 1.29 is 4.39 Å². The minimum Gasteiger partial charge on any atom is -0.212 e. The molecule has 1 heteroatoms. The van der Waals surface area contributed by atoms with Crippen molar-refractivity contribution in [1.29, 1.82) is 0 Å². The zero-order valence-electron chi connectivity index (χ0n) is 15.6. The Hall–Kier alpha value is -2.67. The molecule has 0 heterocycles. The summed E-state index contributed by atoms with van der Waals surface area (Å²) in [5, 5.41) is 0. The zero-order chi connectivity index (χ0) is 18.5. The molecule has 0 N–H and O–H groups in total. The van der Waals surface area contributed by atoms with Gasteiger partial charge in [-0.3, -0.25) is 0 Å². The van der Waals surface area contributed by atoms with Gasteiger partial charge in [-0.2, -0.15) is 0 Å². The van der Waals surface area contributed by atoms with Crippen LogP contribution in [0.5, 0.6) is 0 Å². The Balaban J connectivity index is 1.88. The summed E-state index contributed by atoms with van der Waals surface area (Å²) in [7, 11) is 0. The van der Waals surface area contributed by atoms with Crippen LogP contribution in [0.4, 0.5) is 4.39 Å². The zero-order valence-corrected chi connectivity index (χ0v) is 15.6. The van der Waals surface area contributed by atoms with Gasteiger partial charge in [0.2, 0.25) is 0 Å². The molecule has 0 atom stereocenters. The molecule has 0 aliphatic heterocycles. The van der Waals surface area contributed by atoms with Crippen molar-refractivity contribution in [1.82, 2.24) is 0 Å². The normalized spacial score (nSPS) is 14.6. The van der Waals surface area contributed by atoms with E-state index in [1.807, 2.05) is 0 Å². The van der Waals surface area contributed by atoms with Crippen LogP contribution in [0, 0.1) is 0 Å². The lowest BCUT2D eigenvalue weighted by Crippen LogP contribution is -2.29. The summed E-state index contributed by atoms with van der Waals surface area (Å²) in [4.78, 5) is 0. The molecule has 3 aromatic carbocycles. The fourth-order valence-electron chi connectivity index (χ4n) is 4.47. The van der Waals surface area contributed by atoms with Crippen molar-refractivity contribution in [2.24, 2.45) is 0 Å². The second kappa shape index (κ2) is 7.92. The van der Waals surface area contributed by atoms with Gasteiger partial charge in [0.05, 0.1) is 5.83 Å². The third-order valence-corrected chi connectivity index (χ3v) is 5.86. The van der Waals surface area contributed by atoms with Crippen LogP contribution in [-0.4, -0.2) is 0 Å². The van der Waals surface area contributed by atoms with Crippen molar-refractivity contribution in [2.75, 3.05) is 0 Å². The molecule has 3 aromatic rings. The second-order valence-electron chi connectivity index (χ2n) is 7.37. The maximum atomic E-state index is 14.3. The average molecular weight is 356 g/mol. The Bertz CT molecular complexity index is 798. The van der Waals surface area contributed by atoms with Crippen LogP contribution in [0.2, 0.25) is 0 Å². The van der Waals surface area contributed by atoms with Crippen LogP contribution in [0.15, 0.2) is 102 Å². The van der Waals surface area contributed by atoms with Gasteiger partial charge < -0.3 is 0 Å². The topological polar surface area (TPSA) is 0 Å². The molecule has 1 aliphatic carbocycles. The van der Waals surface area contributed by atoms with Gasteiger partial charge in [0, 0.05) is 5.41 Å². The number of hydrogen-bond donors (Lipinski definition) is 0. The van der Waals surface area contributed by atoms with Crippen LogP contribution < -0.4 is 0 Å². The molecule has 0 bridgehead atoms. The van der Waals surface area contributed by atoms with E-state index < -0.39 is 0 Å². The standard InChI is InChI=1S/C26H25F/c27-25-18-10-11-21(25)19-20-26(22-12-4-1-5-13-22,23-14-6-2-7-15-23)24-16-8-3-9-17-24/h1-9,12-17H,10-11,18-20H2. The Labute approximate surface area is 161 Å². The maximum Gasteiger partial charge on any atom is 0.0991 e. The highest BCUT2D eigenvalue weighted by Crippen LogP contribution is 2.45. The minimum atomic E-state index is -0.278. The van der Waals surface area contributed by atoms with E-state index >= 15 is 0 Å². The first kappa shape index (κ1) is 17.7. The molecule has 1 aliphatic rings. The quantitative estimate of drug-likeness (QED) is 0.409. The van der Waals surface area contributed by atoms with Gasteiger partial charge in [0.25, 0.3) is 0 Å². The molecule has 0 aromatic heterocycles. The molecular weight excluding hydrogens is 331 g/mol. The van der Waals surface area contributed by atoms with Crippen molar-refractivity contribution in [3.63, 3.8) is 0 Å². The lowest BCUT2D eigenvalue weighted by Gasteiger charge is -2.36. The van der Waals surface area contributed by atoms with Crippen molar-refractivity contribution in [3.8, 4) is 0 Å². The number of hydrogen-bond acceptors (Lipinski definition) is 0. The smallest absolute Gasteiger partial charge is 0.0991 e. The number of rotatable bonds is 6. The Morgan fingerprint density at radius 2 is 1.07 bits per heavy atom. The van der Waals surface area contributed by atoms with Gasteiger partial charge >= 0.3 is 0 Å². The van der Waals surface area contributed by atoms with Gasteiger partial charge in [0.1, 0.15) is 0 Å². The largest absolute Gasteiger partial charge is 0.212 e. The molecule has 136 valence electrons. The van der Waals surface area contributed by atoms with Gasteiger partial charge in [-0.25, -0.2) is 4.39 Å². The summed E-state index contributed by atoms with van der Waals surface area (Å²) in [6.45, 7) is 0. The van der Waals surface area contributed by atoms with E-state index in [0.29, 0.717) is 6.42 Å². The van der Waals surface area contributed by atoms with Crippen LogP contribution in [0.1, 0.15) is 48.8 Å². The van der Waals surface area contributed by atoms with E-state index in [9.17, 15) is 4.39 Å². The third-order valence-electron chi connectivity index (χ3n) is 5.86. The first-order valence-electron chi connectivity index (χ1n) is 9.84. The van der Waals surface area contributed by atoms with Crippen LogP contribution in [0.3, 0.4) is 0 Å².